The van der Waals surface area contributed by atoms with E-state index in [4.69, 9.17) is 10.5 Å². The van der Waals surface area contributed by atoms with Crippen LogP contribution in [-0.4, -0.2) is 19.4 Å². The Hall–Kier alpha value is -1.07. The number of rotatable bonds is 5. The molecule has 1 rings (SSSR count). The van der Waals surface area contributed by atoms with Crippen LogP contribution >= 0.6 is 0 Å². The van der Waals surface area contributed by atoms with Gasteiger partial charge in [-0.2, -0.15) is 13.2 Å². The van der Waals surface area contributed by atoms with Crippen LogP contribution < -0.4 is 5.73 Å². The van der Waals surface area contributed by atoms with E-state index in [1.807, 2.05) is 31.2 Å². The van der Waals surface area contributed by atoms with Gasteiger partial charge >= 0.3 is 6.18 Å². The van der Waals surface area contributed by atoms with Gasteiger partial charge in [0.1, 0.15) is 0 Å². The van der Waals surface area contributed by atoms with Crippen LogP contribution in [0.5, 0.6) is 0 Å². The third-order valence-electron chi connectivity index (χ3n) is 2.42. The van der Waals surface area contributed by atoms with Gasteiger partial charge in [0, 0.05) is 0 Å². The Morgan fingerprint density at radius 3 is 2.53 bits per heavy atom. The summed E-state index contributed by atoms with van der Waals surface area (Å²) in [5, 5.41) is 0. The molecule has 0 heterocycles. The van der Waals surface area contributed by atoms with Crippen LogP contribution in [0.3, 0.4) is 0 Å². The number of halogens is 3. The summed E-state index contributed by atoms with van der Waals surface area (Å²) in [7, 11) is 0. The monoisotopic (exact) mass is 247 g/mol. The van der Waals surface area contributed by atoms with E-state index in [0.29, 0.717) is 0 Å². The van der Waals surface area contributed by atoms with E-state index in [1.54, 1.807) is 0 Å². The maximum absolute atomic E-state index is 11.9. The summed E-state index contributed by atoms with van der Waals surface area (Å²) in [4.78, 5) is 0. The van der Waals surface area contributed by atoms with E-state index in [-0.39, 0.29) is 19.3 Å². The largest absolute Gasteiger partial charge is 0.391 e. The van der Waals surface area contributed by atoms with Gasteiger partial charge in [0.2, 0.25) is 0 Å². The Morgan fingerprint density at radius 2 is 1.94 bits per heavy atom. The molecule has 0 aromatic heterocycles. The van der Waals surface area contributed by atoms with Gasteiger partial charge in [-0.05, 0) is 18.1 Å². The minimum absolute atomic E-state index is 0.0981. The van der Waals surface area contributed by atoms with Crippen molar-refractivity contribution < 1.29 is 17.9 Å². The number of hydrogen-bond acceptors (Lipinski definition) is 2. The molecule has 1 aromatic rings. The maximum Gasteiger partial charge on any atom is 0.391 e. The number of alkyl halides is 3. The van der Waals surface area contributed by atoms with Gasteiger partial charge < -0.3 is 10.5 Å². The molecule has 0 radical (unpaired) electrons. The Balaban J connectivity index is 2.36. The van der Waals surface area contributed by atoms with Crippen LogP contribution in [0.2, 0.25) is 0 Å². The maximum atomic E-state index is 11.9. The molecule has 1 atom stereocenters. The van der Waals surface area contributed by atoms with Gasteiger partial charge in [-0.1, -0.05) is 24.3 Å². The first-order valence-electron chi connectivity index (χ1n) is 5.36. The molecule has 0 aliphatic carbocycles. The van der Waals surface area contributed by atoms with Gasteiger partial charge in [-0.3, -0.25) is 0 Å². The van der Waals surface area contributed by atoms with Gasteiger partial charge in [-0.15, -0.1) is 0 Å². The molecule has 2 nitrogen and oxygen atoms in total. The van der Waals surface area contributed by atoms with Crippen LogP contribution in [0.25, 0.3) is 0 Å². The summed E-state index contributed by atoms with van der Waals surface area (Å²) < 4.78 is 40.5. The number of ether oxygens (including phenoxy) is 1. The molecule has 0 aliphatic rings. The van der Waals surface area contributed by atoms with Crippen molar-refractivity contribution in [3.63, 3.8) is 0 Å². The second kappa shape index (κ2) is 6.02. The summed E-state index contributed by atoms with van der Waals surface area (Å²) in [6.07, 6.45) is -5.11. The van der Waals surface area contributed by atoms with Crippen LogP contribution in [0, 0.1) is 6.92 Å². The summed E-state index contributed by atoms with van der Waals surface area (Å²) in [5.74, 6) is 0. The van der Waals surface area contributed by atoms with E-state index in [9.17, 15) is 13.2 Å². The molecule has 5 heteroatoms. The normalized spacial score (nSPS) is 13.7. The van der Waals surface area contributed by atoms with Crippen LogP contribution in [0.4, 0.5) is 13.2 Å². The molecule has 1 unspecified atom stereocenters. The first kappa shape index (κ1) is 14.0. The van der Waals surface area contributed by atoms with E-state index in [2.05, 4.69) is 0 Å². The Bertz CT molecular complexity index is 352. The predicted octanol–water partition coefficient (Wildman–Crippen LogP) is 2.96. The van der Waals surface area contributed by atoms with Crippen molar-refractivity contribution >= 4 is 0 Å². The van der Waals surface area contributed by atoms with Crippen molar-refractivity contribution in [1.29, 1.82) is 0 Å². The fourth-order valence-corrected chi connectivity index (χ4v) is 1.49. The van der Waals surface area contributed by atoms with Crippen molar-refractivity contribution in [2.24, 2.45) is 5.73 Å². The average Bonchev–Trinajstić information content (AvgIpc) is 2.23. The minimum Gasteiger partial charge on any atom is -0.379 e. The molecule has 0 spiro atoms. The topological polar surface area (TPSA) is 35.2 Å². The quantitative estimate of drug-likeness (QED) is 0.812. The molecule has 0 fully saturated rings. The SMILES string of the molecule is Cc1ccccc1C(N)COCCC(F)(F)F. The molecule has 96 valence electrons. The first-order valence-corrected chi connectivity index (χ1v) is 5.36. The molecule has 2 N–H and O–H groups in total. The molecule has 0 saturated heterocycles. The number of nitrogens with two attached hydrogens (primary N) is 1. The highest BCUT2D eigenvalue weighted by Gasteiger charge is 2.26. The van der Waals surface area contributed by atoms with E-state index < -0.39 is 12.6 Å². The standard InChI is InChI=1S/C12H16F3NO/c1-9-4-2-3-5-10(9)11(16)8-17-7-6-12(13,14)15/h2-5,11H,6-8,16H2,1H3. The number of benzene rings is 1. The summed E-state index contributed by atoms with van der Waals surface area (Å²) >= 11 is 0. The first-order chi connectivity index (χ1) is 7.90. The molecular formula is C12H16F3NO. The van der Waals surface area contributed by atoms with Gasteiger partial charge in [0.15, 0.2) is 0 Å². The lowest BCUT2D eigenvalue weighted by Crippen LogP contribution is -2.20. The second-order valence-electron chi connectivity index (χ2n) is 3.90. The molecule has 0 saturated carbocycles. The zero-order chi connectivity index (χ0) is 12.9. The number of aryl methyl sites for hydroxylation is 1. The highest BCUT2D eigenvalue weighted by molar-refractivity contribution is 5.28. The summed E-state index contributed by atoms with van der Waals surface area (Å²) in [6.45, 7) is 1.66. The lowest BCUT2D eigenvalue weighted by molar-refractivity contribution is -0.145. The Kier molecular flexibility index (Phi) is 4.96. The van der Waals surface area contributed by atoms with Crippen molar-refractivity contribution in [2.45, 2.75) is 25.6 Å². The van der Waals surface area contributed by atoms with E-state index in [0.717, 1.165) is 11.1 Å². The molecule has 0 amide bonds. The highest BCUT2D eigenvalue weighted by Crippen LogP contribution is 2.20. The zero-order valence-corrected chi connectivity index (χ0v) is 9.63. The van der Waals surface area contributed by atoms with Gasteiger partial charge in [0.05, 0.1) is 25.7 Å². The van der Waals surface area contributed by atoms with Crippen LogP contribution in [-0.2, 0) is 4.74 Å². The second-order valence-corrected chi connectivity index (χ2v) is 3.90. The van der Waals surface area contributed by atoms with Crippen molar-refractivity contribution in [3.8, 4) is 0 Å². The Labute approximate surface area is 98.6 Å². The van der Waals surface area contributed by atoms with Crippen molar-refractivity contribution in [2.75, 3.05) is 13.2 Å². The third-order valence-corrected chi connectivity index (χ3v) is 2.42. The lowest BCUT2D eigenvalue weighted by atomic mass is 10.0. The van der Waals surface area contributed by atoms with Crippen molar-refractivity contribution in [1.82, 2.24) is 0 Å². The fourth-order valence-electron chi connectivity index (χ4n) is 1.49. The minimum atomic E-state index is -4.17. The molecule has 0 aliphatic heterocycles. The van der Waals surface area contributed by atoms with Crippen molar-refractivity contribution in [3.05, 3.63) is 35.4 Å². The molecule has 17 heavy (non-hydrogen) atoms. The molecule has 0 bridgehead atoms. The van der Waals surface area contributed by atoms with Gasteiger partial charge in [0.25, 0.3) is 0 Å². The smallest absolute Gasteiger partial charge is 0.379 e. The van der Waals surface area contributed by atoms with Crippen LogP contribution in [0.1, 0.15) is 23.6 Å². The predicted molar refractivity (Wildman–Crippen MR) is 59.6 cm³/mol. The van der Waals surface area contributed by atoms with Crippen LogP contribution in [0.15, 0.2) is 24.3 Å². The van der Waals surface area contributed by atoms with E-state index in [1.165, 1.54) is 0 Å². The summed E-state index contributed by atoms with van der Waals surface area (Å²) in [5.41, 5.74) is 7.76. The highest BCUT2D eigenvalue weighted by atomic mass is 19.4. The summed E-state index contributed by atoms with van der Waals surface area (Å²) in [6, 6.07) is 7.11. The number of hydrogen-bond donors (Lipinski definition) is 1. The average molecular weight is 247 g/mol. The van der Waals surface area contributed by atoms with Gasteiger partial charge in [-0.25, -0.2) is 0 Å². The fraction of sp³-hybridized carbons (Fsp3) is 0.500. The van der Waals surface area contributed by atoms with E-state index >= 15 is 0 Å². The lowest BCUT2D eigenvalue weighted by Gasteiger charge is -2.15. The zero-order valence-electron chi connectivity index (χ0n) is 9.63. The Morgan fingerprint density at radius 1 is 1.29 bits per heavy atom. The third kappa shape index (κ3) is 5.19. The molecular weight excluding hydrogens is 231 g/mol. The molecule has 1 aromatic carbocycles.